The summed E-state index contributed by atoms with van der Waals surface area (Å²) in [6.07, 6.45) is 0. The summed E-state index contributed by atoms with van der Waals surface area (Å²) >= 11 is 9.30. The Kier molecular flexibility index (Phi) is 6.68. The number of amides is 1. The van der Waals surface area contributed by atoms with Crippen LogP contribution in [0.5, 0.6) is 0 Å². The van der Waals surface area contributed by atoms with Gasteiger partial charge in [-0.15, -0.1) is 0 Å². The van der Waals surface area contributed by atoms with Crippen LogP contribution < -0.4 is 0 Å². The Morgan fingerprint density at radius 3 is 2.78 bits per heavy atom. The van der Waals surface area contributed by atoms with Crippen molar-refractivity contribution in [2.75, 3.05) is 32.1 Å². The molecule has 1 amide bonds. The predicted octanol–water partition coefficient (Wildman–Crippen LogP) is 3.13. The monoisotopic (exact) mass is 333 g/mol. The first kappa shape index (κ1) is 15.5. The highest BCUT2D eigenvalue weighted by Crippen LogP contribution is 2.17. The van der Waals surface area contributed by atoms with Crippen molar-refractivity contribution in [2.24, 2.45) is 0 Å². The van der Waals surface area contributed by atoms with Crippen LogP contribution in [-0.4, -0.2) is 42.9 Å². The van der Waals surface area contributed by atoms with E-state index in [-0.39, 0.29) is 5.91 Å². The predicted molar refractivity (Wildman–Crippen MR) is 77.8 cm³/mol. The number of carbonyl (C=O) groups is 1. The molecule has 0 aromatic heterocycles. The number of carbonyl (C=O) groups excluding carboxylic acids is 1. The van der Waals surface area contributed by atoms with Gasteiger partial charge >= 0.3 is 0 Å². The summed E-state index contributed by atoms with van der Waals surface area (Å²) in [4.78, 5) is 14.2. The molecule has 1 aromatic carbocycles. The molecule has 0 bridgehead atoms. The molecule has 0 unspecified atom stereocenters. The molecule has 0 aliphatic heterocycles. The lowest BCUT2D eigenvalue weighted by Crippen LogP contribution is -2.35. The zero-order chi connectivity index (χ0) is 13.5. The van der Waals surface area contributed by atoms with Crippen molar-refractivity contribution in [1.82, 2.24) is 4.90 Å². The van der Waals surface area contributed by atoms with Gasteiger partial charge in [0.25, 0.3) is 5.91 Å². The van der Waals surface area contributed by atoms with Crippen LogP contribution in [0, 0.1) is 6.92 Å². The molecular weight excluding hydrogens is 318 g/mol. The van der Waals surface area contributed by atoms with Gasteiger partial charge in [-0.2, -0.15) is 0 Å². The number of ether oxygens (including phenoxy) is 1. The van der Waals surface area contributed by atoms with Gasteiger partial charge in [0.2, 0.25) is 0 Å². The molecular formula is C13H17BrClNO2. The van der Waals surface area contributed by atoms with Gasteiger partial charge in [0, 0.05) is 36.1 Å². The molecule has 0 radical (unpaired) electrons. The van der Waals surface area contributed by atoms with Crippen LogP contribution in [-0.2, 0) is 4.74 Å². The molecule has 5 heteroatoms. The van der Waals surface area contributed by atoms with Crippen molar-refractivity contribution < 1.29 is 9.53 Å². The second-order valence-electron chi connectivity index (χ2n) is 3.93. The molecule has 18 heavy (non-hydrogen) atoms. The van der Waals surface area contributed by atoms with Gasteiger partial charge in [0.15, 0.2) is 0 Å². The maximum absolute atomic E-state index is 12.4. The first-order valence-electron chi connectivity index (χ1n) is 5.70. The van der Waals surface area contributed by atoms with E-state index in [1.165, 1.54) is 0 Å². The fourth-order valence-corrected chi connectivity index (χ4v) is 2.21. The fraction of sp³-hybridized carbons (Fsp3) is 0.462. The summed E-state index contributed by atoms with van der Waals surface area (Å²) in [7, 11) is 1.63. The normalized spacial score (nSPS) is 10.4. The van der Waals surface area contributed by atoms with E-state index in [9.17, 15) is 4.79 Å². The van der Waals surface area contributed by atoms with Crippen LogP contribution in [0.2, 0.25) is 5.02 Å². The zero-order valence-electron chi connectivity index (χ0n) is 10.6. The summed E-state index contributed by atoms with van der Waals surface area (Å²) in [6, 6.07) is 5.36. The van der Waals surface area contributed by atoms with Crippen LogP contribution >= 0.6 is 27.5 Å². The van der Waals surface area contributed by atoms with Gasteiger partial charge in [-0.05, 0) is 24.6 Å². The molecule has 0 fully saturated rings. The summed E-state index contributed by atoms with van der Waals surface area (Å²) < 4.78 is 5.02. The van der Waals surface area contributed by atoms with Crippen molar-refractivity contribution in [2.45, 2.75) is 6.92 Å². The Balaban J connectivity index is 2.90. The van der Waals surface area contributed by atoms with Gasteiger partial charge in [-0.25, -0.2) is 0 Å². The van der Waals surface area contributed by atoms with Gasteiger partial charge in [-0.1, -0.05) is 33.6 Å². The standard InChI is InChI=1S/C13H17BrClNO2/c1-10-3-4-11(15)9-12(10)13(17)16(6-5-14)7-8-18-2/h3-4,9H,5-8H2,1-2H3. The second kappa shape index (κ2) is 7.77. The van der Waals surface area contributed by atoms with Gasteiger partial charge in [-0.3, -0.25) is 4.79 Å². The van der Waals surface area contributed by atoms with Gasteiger partial charge in [0.1, 0.15) is 0 Å². The average Bonchev–Trinajstić information content (AvgIpc) is 2.36. The first-order valence-corrected chi connectivity index (χ1v) is 7.20. The minimum Gasteiger partial charge on any atom is -0.383 e. The fourth-order valence-electron chi connectivity index (χ4n) is 1.61. The minimum atomic E-state index is -0.00787. The van der Waals surface area contributed by atoms with Crippen LogP contribution in [0.25, 0.3) is 0 Å². The molecule has 0 aliphatic carbocycles. The highest BCUT2D eigenvalue weighted by atomic mass is 79.9. The lowest BCUT2D eigenvalue weighted by Gasteiger charge is -2.22. The Labute approximate surface area is 121 Å². The number of alkyl halides is 1. The molecule has 0 N–H and O–H groups in total. The number of hydrogen-bond donors (Lipinski definition) is 0. The third-order valence-corrected chi connectivity index (χ3v) is 3.23. The number of aryl methyl sites for hydroxylation is 1. The Morgan fingerprint density at radius 1 is 1.44 bits per heavy atom. The largest absolute Gasteiger partial charge is 0.383 e. The SMILES string of the molecule is COCCN(CCBr)C(=O)c1cc(Cl)ccc1C. The highest BCUT2D eigenvalue weighted by molar-refractivity contribution is 9.09. The maximum atomic E-state index is 12.4. The third kappa shape index (κ3) is 4.26. The smallest absolute Gasteiger partial charge is 0.254 e. The molecule has 0 heterocycles. The summed E-state index contributed by atoms with van der Waals surface area (Å²) in [6.45, 7) is 3.66. The lowest BCUT2D eigenvalue weighted by atomic mass is 10.1. The topological polar surface area (TPSA) is 29.5 Å². The number of nitrogens with zero attached hydrogens (tertiary/aromatic N) is 1. The molecule has 3 nitrogen and oxygen atoms in total. The van der Waals surface area contributed by atoms with Crippen molar-refractivity contribution in [1.29, 1.82) is 0 Å². The number of rotatable bonds is 6. The Hall–Kier alpha value is -0.580. The molecule has 1 rings (SSSR count). The van der Waals surface area contributed by atoms with Crippen molar-refractivity contribution in [3.63, 3.8) is 0 Å². The Bertz CT molecular complexity index is 412. The van der Waals surface area contributed by atoms with E-state index in [2.05, 4.69) is 15.9 Å². The molecule has 0 atom stereocenters. The van der Waals surface area contributed by atoms with Crippen LogP contribution in [0.15, 0.2) is 18.2 Å². The maximum Gasteiger partial charge on any atom is 0.254 e. The van der Waals surface area contributed by atoms with Crippen LogP contribution in [0.1, 0.15) is 15.9 Å². The van der Waals surface area contributed by atoms with E-state index in [1.807, 2.05) is 13.0 Å². The molecule has 100 valence electrons. The molecule has 0 saturated carbocycles. The molecule has 0 saturated heterocycles. The van der Waals surface area contributed by atoms with Crippen LogP contribution in [0.3, 0.4) is 0 Å². The molecule has 0 spiro atoms. The van der Waals surface area contributed by atoms with Gasteiger partial charge < -0.3 is 9.64 Å². The first-order chi connectivity index (χ1) is 8.60. The van der Waals surface area contributed by atoms with E-state index < -0.39 is 0 Å². The number of benzene rings is 1. The highest BCUT2D eigenvalue weighted by Gasteiger charge is 2.17. The number of methoxy groups -OCH3 is 1. The van der Waals surface area contributed by atoms with E-state index in [1.54, 1.807) is 24.1 Å². The van der Waals surface area contributed by atoms with E-state index in [4.69, 9.17) is 16.3 Å². The average molecular weight is 335 g/mol. The lowest BCUT2D eigenvalue weighted by molar-refractivity contribution is 0.0708. The van der Waals surface area contributed by atoms with Crippen molar-refractivity contribution in [3.8, 4) is 0 Å². The molecule has 1 aromatic rings. The summed E-state index contributed by atoms with van der Waals surface area (Å²) in [5, 5.41) is 1.32. The zero-order valence-corrected chi connectivity index (χ0v) is 12.9. The van der Waals surface area contributed by atoms with E-state index in [0.29, 0.717) is 30.3 Å². The number of hydrogen-bond acceptors (Lipinski definition) is 2. The summed E-state index contributed by atoms with van der Waals surface area (Å²) in [5.41, 5.74) is 1.58. The second-order valence-corrected chi connectivity index (χ2v) is 5.16. The van der Waals surface area contributed by atoms with Gasteiger partial charge in [0.05, 0.1) is 6.61 Å². The quantitative estimate of drug-likeness (QED) is 0.748. The number of halogens is 2. The van der Waals surface area contributed by atoms with E-state index >= 15 is 0 Å². The van der Waals surface area contributed by atoms with E-state index in [0.717, 1.165) is 10.9 Å². The molecule has 0 aliphatic rings. The Morgan fingerprint density at radius 2 is 2.17 bits per heavy atom. The third-order valence-electron chi connectivity index (χ3n) is 2.64. The minimum absolute atomic E-state index is 0.00787. The van der Waals surface area contributed by atoms with Crippen molar-refractivity contribution in [3.05, 3.63) is 34.3 Å². The van der Waals surface area contributed by atoms with Crippen LogP contribution in [0.4, 0.5) is 0 Å². The summed E-state index contributed by atoms with van der Waals surface area (Å²) in [5.74, 6) is -0.00787. The van der Waals surface area contributed by atoms with Crippen molar-refractivity contribution >= 4 is 33.4 Å².